The lowest BCUT2D eigenvalue weighted by atomic mass is 10.4. The molecule has 2 aromatic heterocycles. The van der Waals surface area contributed by atoms with Gasteiger partial charge in [0.25, 0.3) is 0 Å². The van der Waals surface area contributed by atoms with E-state index in [1.54, 1.807) is 35.2 Å². The number of hydrogen-bond acceptors (Lipinski definition) is 4. The highest BCUT2D eigenvalue weighted by molar-refractivity contribution is 7.98. The first-order chi connectivity index (χ1) is 7.27. The van der Waals surface area contributed by atoms with E-state index < -0.39 is 0 Å². The van der Waals surface area contributed by atoms with Crippen molar-refractivity contribution >= 4 is 23.0 Å². The fourth-order valence-corrected chi connectivity index (χ4v) is 1.87. The Labute approximate surface area is 89.4 Å². The molecule has 2 heterocycles. The first-order valence-corrected chi connectivity index (χ1v) is 5.34. The molecule has 0 fully saturated rings. The normalized spacial score (nSPS) is 12.2. The third-order valence-corrected chi connectivity index (χ3v) is 2.61. The van der Waals surface area contributed by atoms with Gasteiger partial charge in [-0.3, -0.25) is 0 Å². The summed E-state index contributed by atoms with van der Waals surface area (Å²) in [5.41, 5.74) is 0.861. The minimum absolute atomic E-state index is 0.161. The summed E-state index contributed by atoms with van der Waals surface area (Å²) in [5.74, 6) is 0. The van der Waals surface area contributed by atoms with E-state index in [-0.39, 0.29) is 10.5 Å². The zero-order chi connectivity index (χ0) is 10.8. The maximum absolute atomic E-state index is 11.3. The van der Waals surface area contributed by atoms with Crippen molar-refractivity contribution in [2.45, 2.75) is 5.03 Å². The van der Waals surface area contributed by atoms with Crippen molar-refractivity contribution in [1.82, 2.24) is 9.61 Å². The molecular formula is C8H8N4O2S. The summed E-state index contributed by atoms with van der Waals surface area (Å²) < 4.78 is 1.57. The van der Waals surface area contributed by atoms with Crippen molar-refractivity contribution in [2.75, 3.05) is 6.26 Å². The first kappa shape index (κ1) is 9.78. The van der Waals surface area contributed by atoms with Gasteiger partial charge in [0.1, 0.15) is 5.52 Å². The van der Waals surface area contributed by atoms with Gasteiger partial charge in [-0.15, -0.1) is 11.8 Å². The van der Waals surface area contributed by atoms with E-state index in [9.17, 15) is 5.21 Å². The van der Waals surface area contributed by atoms with Gasteiger partial charge in [0.05, 0.1) is 0 Å². The van der Waals surface area contributed by atoms with Crippen molar-refractivity contribution in [3.63, 3.8) is 0 Å². The van der Waals surface area contributed by atoms with Crippen molar-refractivity contribution in [3.8, 4) is 0 Å². The number of nitrogens with zero attached hydrogens (tertiary/aromatic N) is 4. The predicted octanol–water partition coefficient (Wildman–Crippen LogP) is 2.04. The molecule has 2 aromatic rings. The van der Waals surface area contributed by atoms with E-state index in [0.29, 0.717) is 10.5 Å². The quantitative estimate of drug-likeness (QED) is 0.366. The van der Waals surface area contributed by atoms with Gasteiger partial charge in [-0.2, -0.15) is 5.10 Å². The number of thioether (sulfide) groups is 1. The molecule has 0 unspecified atom stereocenters. The zero-order valence-corrected chi connectivity index (χ0v) is 8.68. The molecule has 0 saturated carbocycles. The summed E-state index contributed by atoms with van der Waals surface area (Å²) in [6.07, 6.45) is 3.53. The minimum atomic E-state index is 0.161. The van der Waals surface area contributed by atoms with Gasteiger partial charge in [0, 0.05) is 6.20 Å². The largest absolute Gasteiger partial charge is 0.591 e. The van der Waals surface area contributed by atoms with Gasteiger partial charge in [0.15, 0.2) is 5.03 Å². The monoisotopic (exact) mass is 224 g/mol. The molecule has 0 aliphatic carbocycles. The number of fused-ring (bicyclic) bond motifs is 1. The molecule has 0 amide bonds. The molecule has 0 spiro atoms. The second kappa shape index (κ2) is 3.77. The smallest absolute Gasteiger partial charge is 0.307 e. The zero-order valence-electron chi connectivity index (χ0n) is 7.86. The summed E-state index contributed by atoms with van der Waals surface area (Å²) in [6.45, 7) is 0. The van der Waals surface area contributed by atoms with Gasteiger partial charge in [-0.1, -0.05) is 6.07 Å². The molecule has 0 bridgehead atoms. The van der Waals surface area contributed by atoms with E-state index in [0.717, 1.165) is 0 Å². The van der Waals surface area contributed by atoms with Crippen LogP contribution in [0, 0.1) is 5.21 Å². The molecule has 0 aliphatic heterocycles. The molecule has 2 rings (SSSR count). The molecule has 0 radical (unpaired) electrons. The van der Waals surface area contributed by atoms with Gasteiger partial charge in [0.2, 0.25) is 5.28 Å². The second-order valence-corrected chi connectivity index (χ2v) is 3.55. The van der Waals surface area contributed by atoms with Crippen molar-refractivity contribution in [2.24, 2.45) is 5.28 Å². The van der Waals surface area contributed by atoms with Crippen LogP contribution in [0.4, 0.5) is 5.69 Å². The van der Waals surface area contributed by atoms with Crippen LogP contribution in [0.5, 0.6) is 0 Å². The van der Waals surface area contributed by atoms with Crippen LogP contribution >= 0.6 is 11.8 Å². The average molecular weight is 224 g/mol. The van der Waals surface area contributed by atoms with Crippen LogP contribution in [0.3, 0.4) is 0 Å². The van der Waals surface area contributed by atoms with Crippen molar-refractivity contribution in [3.05, 3.63) is 29.6 Å². The summed E-state index contributed by atoms with van der Waals surface area (Å²) in [5, 5.41) is 27.1. The van der Waals surface area contributed by atoms with Gasteiger partial charge < -0.3 is 10.4 Å². The Bertz CT molecular complexity index is 522. The lowest BCUT2D eigenvalue weighted by Crippen LogP contribution is -1.91. The van der Waals surface area contributed by atoms with Gasteiger partial charge in [-0.25, -0.2) is 4.52 Å². The molecule has 1 N–H and O–H groups in total. The Morgan fingerprint density at radius 3 is 3.07 bits per heavy atom. The van der Waals surface area contributed by atoms with Crippen LogP contribution in [0.1, 0.15) is 0 Å². The lowest BCUT2D eigenvalue weighted by molar-refractivity contribution is -0.474. The standard InChI is InChI=1S/C8H8N4O2S/c1-15-8-7(12(14)10-13)6-4-2-3-5-11(6)9-8/h2-5,13H,1H3. The summed E-state index contributed by atoms with van der Waals surface area (Å²) in [4.78, 5) is 0.161. The Balaban J connectivity index is 2.78. The molecule has 0 aliphatic rings. The highest BCUT2D eigenvalue weighted by atomic mass is 32.2. The van der Waals surface area contributed by atoms with Crippen LogP contribution in [-0.4, -0.2) is 25.9 Å². The Kier molecular flexibility index (Phi) is 2.46. The summed E-state index contributed by atoms with van der Waals surface area (Å²) in [7, 11) is 0. The van der Waals surface area contributed by atoms with Crippen LogP contribution in [0.2, 0.25) is 0 Å². The van der Waals surface area contributed by atoms with E-state index in [2.05, 4.69) is 10.4 Å². The van der Waals surface area contributed by atoms with Crippen LogP contribution in [0.25, 0.3) is 5.52 Å². The predicted molar refractivity (Wildman–Crippen MR) is 54.5 cm³/mol. The SMILES string of the molecule is CSc1nn2ccccc2c1[N+]([O-])=NO. The van der Waals surface area contributed by atoms with E-state index in [1.165, 1.54) is 11.8 Å². The minimum Gasteiger partial charge on any atom is -0.591 e. The topological polar surface area (TPSA) is 76.0 Å². The number of aromatic nitrogens is 2. The maximum atomic E-state index is 11.3. The lowest BCUT2D eigenvalue weighted by Gasteiger charge is -1.95. The molecule has 78 valence electrons. The number of pyridine rings is 1. The van der Waals surface area contributed by atoms with Crippen LogP contribution in [0.15, 0.2) is 34.7 Å². The summed E-state index contributed by atoms with van der Waals surface area (Å²) >= 11 is 1.32. The van der Waals surface area contributed by atoms with E-state index >= 15 is 0 Å². The maximum Gasteiger partial charge on any atom is 0.307 e. The molecule has 0 saturated heterocycles. The highest BCUT2D eigenvalue weighted by Gasteiger charge is 2.20. The Hall–Kier alpha value is -1.76. The second-order valence-electron chi connectivity index (χ2n) is 2.75. The molecule has 7 heteroatoms. The van der Waals surface area contributed by atoms with E-state index in [4.69, 9.17) is 5.21 Å². The average Bonchev–Trinajstić information content (AvgIpc) is 2.66. The van der Waals surface area contributed by atoms with E-state index in [1.807, 2.05) is 0 Å². The number of hydrogen-bond donors (Lipinski definition) is 1. The molecular weight excluding hydrogens is 216 g/mol. The molecule has 6 nitrogen and oxygen atoms in total. The Morgan fingerprint density at radius 2 is 2.40 bits per heavy atom. The Morgan fingerprint density at radius 1 is 1.60 bits per heavy atom. The number of rotatable bonds is 2. The molecule has 0 atom stereocenters. The first-order valence-electron chi connectivity index (χ1n) is 4.11. The third kappa shape index (κ3) is 1.50. The molecule has 15 heavy (non-hydrogen) atoms. The van der Waals surface area contributed by atoms with Crippen LogP contribution in [-0.2, 0) is 0 Å². The fraction of sp³-hybridized carbons (Fsp3) is 0.125. The van der Waals surface area contributed by atoms with Gasteiger partial charge in [-0.05, 0) is 23.2 Å². The highest BCUT2D eigenvalue weighted by Crippen LogP contribution is 2.30. The van der Waals surface area contributed by atoms with Crippen molar-refractivity contribution in [1.29, 1.82) is 0 Å². The van der Waals surface area contributed by atoms with Crippen LogP contribution < -0.4 is 0 Å². The van der Waals surface area contributed by atoms with Crippen molar-refractivity contribution < 1.29 is 10.1 Å². The molecule has 0 aromatic carbocycles. The summed E-state index contributed by atoms with van der Waals surface area (Å²) in [6, 6.07) is 5.33. The van der Waals surface area contributed by atoms with Gasteiger partial charge >= 0.3 is 5.69 Å². The fourth-order valence-electron chi connectivity index (χ4n) is 1.33. The third-order valence-electron chi connectivity index (χ3n) is 1.95.